The van der Waals surface area contributed by atoms with Gasteiger partial charge in [-0.15, -0.1) is 0 Å². The van der Waals surface area contributed by atoms with Crippen molar-refractivity contribution in [2.45, 2.75) is 58.5 Å². The number of aromatic nitrogens is 1. The Morgan fingerprint density at radius 3 is 2.35 bits per heavy atom. The van der Waals surface area contributed by atoms with Gasteiger partial charge in [0.15, 0.2) is 23.0 Å². The van der Waals surface area contributed by atoms with Crippen molar-refractivity contribution in [3.8, 4) is 23.0 Å². The predicted molar refractivity (Wildman–Crippen MR) is 142 cm³/mol. The van der Waals surface area contributed by atoms with Crippen molar-refractivity contribution < 1.29 is 29.6 Å². The first-order chi connectivity index (χ1) is 17.7. The molecule has 0 unspecified atom stereocenters. The summed E-state index contributed by atoms with van der Waals surface area (Å²) in [4.78, 5) is 17.0. The molecular formula is C30H38NO6-. The van der Waals surface area contributed by atoms with Crippen LogP contribution in [-0.2, 0) is 30.5 Å². The van der Waals surface area contributed by atoms with Crippen LogP contribution in [0.3, 0.4) is 0 Å². The molecular weight excluding hydrogens is 470 g/mol. The Labute approximate surface area is 219 Å². The Morgan fingerprint density at radius 2 is 1.70 bits per heavy atom. The summed E-state index contributed by atoms with van der Waals surface area (Å²) < 4.78 is 10.7. The van der Waals surface area contributed by atoms with Crippen molar-refractivity contribution in [1.29, 1.82) is 0 Å². The number of carbonyl (C=O) groups is 1. The zero-order chi connectivity index (χ0) is 26.9. The summed E-state index contributed by atoms with van der Waals surface area (Å²) in [5, 5.41) is 31.4. The van der Waals surface area contributed by atoms with Crippen molar-refractivity contribution in [2.75, 3.05) is 14.2 Å². The lowest BCUT2D eigenvalue weighted by atomic mass is 9.83. The van der Waals surface area contributed by atoms with Crippen LogP contribution in [0.5, 0.6) is 23.0 Å². The van der Waals surface area contributed by atoms with Gasteiger partial charge in [-0.25, -0.2) is 0 Å². The Morgan fingerprint density at radius 1 is 0.946 bits per heavy atom. The molecule has 0 amide bonds. The monoisotopic (exact) mass is 508 g/mol. The number of nitrogens with zero attached hydrogens (tertiary/aromatic N) is 1. The molecule has 3 aromatic rings. The van der Waals surface area contributed by atoms with E-state index in [0.29, 0.717) is 36.7 Å². The number of carbonyl (C=O) groups excluding carboxylic acids is 1. The van der Waals surface area contributed by atoms with Gasteiger partial charge in [-0.1, -0.05) is 37.6 Å². The van der Waals surface area contributed by atoms with Crippen LogP contribution in [0, 0.1) is 11.8 Å². The molecule has 0 aliphatic heterocycles. The van der Waals surface area contributed by atoms with Crippen LogP contribution >= 0.6 is 0 Å². The van der Waals surface area contributed by atoms with E-state index >= 15 is 0 Å². The Hall–Kier alpha value is -3.45. The maximum absolute atomic E-state index is 12.9. The molecule has 3 N–H and O–H groups in total. The normalized spacial score (nSPS) is 12.9. The van der Waals surface area contributed by atoms with E-state index < -0.39 is 6.10 Å². The van der Waals surface area contributed by atoms with Gasteiger partial charge in [-0.05, 0) is 66.8 Å². The number of ketones is 1. The molecule has 1 heterocycles. The van der Waals surface area contributed by atoms with E-state index in [9.17, 15) is 20.1 Å². The summed E-state index contributed by atoms with van der Waals surface area (Å²) in [6, 6.07) is 10.5. The maximum atomic E-state index is 12.9. The number of hydrogen-bond acceptors (Lipinski definition) is 6. The predicted octanol–water partition coefficient (Wildman–Crippen LogP) is 4.63. The minimum Gasteiger partial charge on any atom is -0.670 e. The quantitative estimate of drug-likeness (QED) is 0.291. The van der Waals surface area contributed by atoms with E-state index in [0.717, 1.165) is 28.7 Å². The van der Waals surface area contributed by atoms with E-state index in [-0.39, 0.29) is 36.0 Å². The highest BCUT2D eigenvalue weighted by molar-refractivity contribution is 5.79. The van der Waals surface area contributed by atoms with Crippen molar-refractivity contribution >= 4 is 5.78 Å². The molecule has 2 atom stereocenters. The van der Waals surface area contributed by atoms with Crippen molar-refractivity contribution in [3.63, 3.8) is 0 Å². The second kappa shape index (κ2) is 13.2. The molecule has 7 heteroatoms. The van der Waals surface area contributed by atoms with Gasteiger partial charge in [-0.3, -0.25) is 4.79 Å². The molecule has 1 aromatic heterocycles. The summed E-state index contributed by atoms with van der Waals surface area (Å²) in [5.74, 6) is 1.08. The van der Waals surface area contributed by atoms with Crippen LogP contribution < -0.4 is 14.5 Å². The van der Waals surface area contributed by atoms with Crippen LogP contribution in [-0.4, -0.2) is 41.4 Å². The first-order valence-corrected chi connectivity index (χ1v) is 12.7. The number of aliphatic hydroxyl groups excluding tert-OH is 1. The largest absolute Gasteiger partial charge is 0.670 e. The third-order valence-corrected chi connectivity index (χ3v) is 6.67. The number of ether oxygens (including phenoxy) is 2. The molecule has 7 nitrogen and oxygen atoms in total. The highest BCUT2D eigenvalue weighted by Gasteiger charge is 2.25. The fourth-order valence-corrected chi connectivity index (χ4v) is 4.74. The van der Waals surface area contributed by atoms with E-state index in [1.807, 2.05) is 12.1 Å². The van der Waals surface area contributed by atoms with Crippen molar-refractivity contribution in [1.82, 2.24) is 4.98 Å². The molecule has 0 bridgehead atoms. The number of rotatable bonds is 14. The molecule has 0 fully saturated rings. The van der Waals surface area contributed by atoms with E-state index in [1.54, 1.807) is 43.8 Å². The Kier molecular flexibility index (Phi) is 10.0. The minimum atomic E-state index is -0.844. The molecule has 2 aromatic carbocycles. The van der Waals surface area contributed by atoms with Crippen LogP contribution in [0.1, 0.15) is 48.9 Å². The number of Topliss-reactive ketones (excluding diaryl/α,β-unsaturated/α-hetero) is 1. The fraction of sp³-hybridized carbons (Fsp3) is 0.433. The van der Waals surface area contributed by atoms with Gasteiger partial charge in [0.1, 0.15) is 5.78 Å². The Balaban J connectivity index is 1.76. The SMILES string of the molecule is COc1cc(CCC(=O)C[C@@H](O)[C@H](Cc2cc[n-]c2)Cc2ccc(O)c(OC)c2CC(C)C)ccc1O. The van der Waals surface area contributed by atoms with Crippen LogP contribution in [0.25, 0.3) is 0 Å². The van der Waals surface area contributed by atoms with Crippen LogP contribution in [0.4, 0.5) is 0 Å². The van der Waals surface area contributed by atoms with Gasteiger partial charge in [0.25, 0.3) is 0 Å². The maximum Gasteiger partial charge on any atom is 0.163 e. The summed E-state index contributed by atoms with van der Waals surface area (Å²) in [6.07, 6.45) is 5.32. The number of phenolic OH excluding ortho intramolecular Hbond substituents is 2. The summed E-state index contributed by atoms with van der Waals surface area (Å²) in [7, 11) is 3.03. The molecule has 37 heavy (non-hydrogen) atoms. The molecule has 0 saturated heterocycles. The number of hydrogen-bond donors (Lipinski definition) is 3. The lowest BCUT2D eigenvalue weighted by molar-refractivity contribution is -0.121. The first kappa shape index (κ1) is 28.1. The van der Waals surface area contributed by atoms with E-state index in [2.05, 4.69) is 18.8 Å². The van der Waals surface area contributed by atoms with Gasteiger partial charge < -0.3 is 29.8 Å². The molecule has 3 rings (SSSR count). The molecule has 0 spiro atoms. The molecule has 0 saturated carbocycles. The third kappa shape index (κ3) is 7.76. The average molecular weight is 509 g/mol. The van der Waals surface area contributed by atoms with Gasteiger partial charge in [0.2, 0.25) is 0 Å². The second-order valence-corrected chi connectivity index (χ2v) is 10.0. The van der Waals surface area contributed by atoms with Crippen molar-refractivity contribution in [2.24, 2.45) is 11.8 Å². The lowest BCUT2D eigenvalue weighted by Gasteiger charge is -2.25. The summed E-state index contributed by atoms with van der Waals surface area (Å²) in [6.45, 7) is 4.22. The number of aromatic hydroxyl groups is 2. The lowest BCUT2D eigenvalue weighted by Crippen LogP contribution is -2.28. The number of aryl methyl sites for hydroxylation is 1. The zero-order valence-electron chi connectivity index (χ0n) is 22.1. The number of aliphatic hydroxyl groups is 1. The van der Waals surface area contributed by atoms with E-state index in [1.165, 1.54) is 7.11 Å². The number of benzene rings is 2. The molecule has 0 aliphatic rings. The van der Waals surface area contributed by atoms with Crippen LogP contribution in [0.15, 0.2) is 48.8 Å². The number of methoxy groups -OCH3 is 2. The van der Waals surface area contributed by atoms with Gasteiger partial charge in [-0.2, -0.15) is 12.4 Å². The van der Waals surface area contributed by atoms with Gasteiger partial charge in [0.05, 0.1) is 20.3 Å². The smallest absolute Gasteiger partial charge is 0.163 e. The molecule has 0 aliphatic carbocycles. The third-order valence-electron chi connectivity index (χ3n) is 6.67. The highest BCUT2D eigenvalue weighted by atomic mass is 16.5. The van der Waals surface area contributed by atoms with E-state index in [4.69, 9.17) is 9.47 Å². The second-order valence-electron chi connectivity index (χ2n) is 10.0. The minimum absolute atomic E-state index is 0.0316. The van der Waals surface area contributed by atoms with Crippen molar-refractivity contribution in [3.05, 3.63) is 71.0 Å². The summed E-state index contributed by atoms with van der Waals surface area (Å²) in [5.41, 5.74) is 3.81. The molecule has 0 radical (unpaired) electrons. The highest BCUT2D eigenvalue weighted by Crippen LogP contribution is 2.36. The standard InChI is InChI=1S/C30H38NO6/c1-19(2)13-25-22(7-10-27(34)30(25)37-4)16-23(14-21-11-12-31-18-21)28(35)17-24(32)8-5-20-6-9-26(33)29(15-20)36-3/h6-7,9-12,15,18-19,23,28,33-35H,5,8,13-14,16-17H2,1-4H3/q-1/t23-,28-/m1/s1. The van der Waals surface area contributed by atoms with Gasteiger partial charge in [0, 0.05) is 18.4 Å². The Bertz CT molecular complexity index is 1160. The van der Waals surface area contributed by atoms with Gasteiger partial charge >= 0.3 is 0 Å². The molecule has 200 valence electrons. The average Bonchev–Trinajstić information content (AvgIpc) is 3.37. The van der Waals surface area contributed by atoms with Crippen LogP contribution in [0.2, 0.25) is 0 Å². The summed E-state index contributed by atoms with van der Waals surface area (Å²) >= 11 is 0. The fourth-order valence-electron chi connectivity index (χ4n) is 4.74. The topological polar surface area (TPSA) is 110 Å². The first-order valence-electron chi connectivity index (χ1n) is 12.7. The number of phenols is 2. The zero-order valence-corrected chi connectivity index (χ0v) is 22.1.